The summed E-state index contributed by atoms with van der Waals surface area (Å²) < 4.78 is 9.52. The molecule has 0 aromatic heterocycles. The van der Waals surface area contributed by atoms with E-state index in [1.54, 1.807) is 0 Å². The molecule has 3 nitrogen and oxygen atoms in total. The van der Waals surface area contributed by atoms with Gasteiger partial charge < -0.3 is 9.47 Å². The van der Waals surface area contributed by atoms with Crippen LogP contribution in [-0.2, 0) is 14.3 Å². The van der Waals surface area contributed by atoms with Crippen LogP contribution in [0.5, 0.6) is 0 Å². The summed E-state index contributed by atoms with van der Waals surface area (Å²) in [6.07, 6.45) is 1.39. The largest absolute Gasteiger partial charge is 0.503 e. The van der Waals surface area contributed by atoms with Gasteiger partial charge in [0.25, 0.3) is 0 Å². The first-order valence-electron chi connectivity index (χ1n) is 4.73. The zero-order chi connectivity index (χ0) is 12.0. The molecule has 16 heavy (non-hydrogen) atoms. The number of carbonyl (C=O) groups excluding carboxylic acids is 1. The SMILES string of the molecule is CO/C=C(\Sc1ccccc1C)C(=O)OC. The van der Waals surface area contributed by atoms with Gasteiger partial charge in [-0.2, -0.15) is 0 Å². The number of esters is 1. The smallest absolute Gasteiger partial charge is 0.347 e. The molecule has 0 heterocycles. The molecule has 0 radical (unpaired) electrons. The van der Waals surface area contributed by atoms with Crippen molar-refractivity contribution in [3.05, 3.63) is 41.0 Å². The van der Waals surface area contributed by atoms with E-state index in [1.165, 1.54) is 32.2 Å². The molecular formula is C12H14O3S. The Morgan fingerprint density at radius 2 is 2.00 bits per heavy atom. The normalized spacial score (nSPS) is 11.1. The topological polar surface area (TPSA) is 35.5 Å². The van der Waals surface area contributed by atoms with Crippen LogP contribution >= 0.6 is 11.8 Å². The van der Waals surface area contributed by atoms with Gasteiger partial charge in [0.1, 0.15) is 11.2 Å². The average Bonchev–Trinajstić information content (AvgIpc) is 2.30. The van der Waals surface area contributed by atoms with Gasteiger partial charge in [-0.15, -0.1) is 0 Å². The summed E-state index contributed by atoms with van der Waals surface area (Å²) in [5.74, 6) is -0.393. The van der Waals surface area contributed by atoms with Crippen LogP contribution in [0.1, 0.15) is 5.56 Å². The van der Waals surface area contributed by atoms with Gasteiger partial charge in [0.15, 0.2) is 0 Å². The molecule has 0 N–H and O–H groups in total. The van der Waals surface area contributed by atoms with Gasteiger partial charge in [-0.25, -0.2) is 4.79 Å². The summed E-state index contributed by atoms with van der Waals surface area (Å²) >= 11 is 1.33. The zero-order valence-corrected chi connectivity index (χ0v) is 10.3. The van der Waals surface area contributed by atoms with E-state index in [2.05, 4.69) is 4.74 Å². The lowest BCUT2D eigenvalue weighted by Gasteiger charge is -2.07. The predicted molar refractivity (Wildman–Crippen MR) is 64.1 cm³/mol. The molecule has 0 atom stereocenters. The lowest BCUT2D eigenvalue weighted by Crippen LogP contribution is -2.02. The van der Waals surface area contributed by atoms with E-state index in [1.807, 2.05) is 31.2 Å². The molecule has 0 unspecified atom stereocenters. The molecule has 1 aromatic rings. The molecule has 0 aliphatic rings. The quantitative estimate of drug-likeness (QED) is 0.350. The fourth-order valence-corrected chi connectivity index (χ4v) is 2.03. The second-order valence-electron chi connectivity index (χ2n) is 3.08. The highest BCUT2D eigenvalue weighted by molar-refractivity contribution is 8.04. The standard InChI is InChI=1S/C12H14O3S/c1-9-6-4-5-7-10(9)16-11(8-14-2)12(13)15-3/h4-8H,1-3H3/b11-8-. The van der Waals surface area contributed by atoms with Crippen molar-refractivity contribution < 1.29 is 14.3 Å². The summed E-state index contributed by atoms with van der Waals surface area (Å²) in [4.78, 5) is 12.9. The maximum atomic E-state index is 11.4. The van der Waals surface area contributed by atoms with Crippen LogP contribution in [0, 0.1) is 6.92 Å². The molecule has 0 saturated heterocycles. The first-order valence-corrected chi connectivity index (χ1v) is 5.55. The van der Waals surface area contributed by atoms with Crippen molar-refractivity contribution in [3.8, 4) is 0 Å². The molecule has 4 heteroatoms. The summed E-state index contributed by atoms with van der Waals surface area (Å²) in [5, 5.41) is 0. The highest BCUT2D eigenvalue weighted by Gasteiger charge is 2.13. The van der Waals surface area contributed by atoms with Crippen LogP contribution in [0.25, 0.3) is 0 Å². The highest BCUT2D eigenvalue weighted by Crippen LogP contribution is 2.29. The van der Waals surface area contributed by atoms with Gasteiger partial charge in [0.2, 0.25) is 0 Å². The molecule has 0 aliphatic carbocycles. The van der Waals surface area contributed by atoms with E-state index >= 15 is 0 Å². The number of rotatable bonds is 4. The van der Waals surface area contributed by atoms with Crippen LogP contribution in [0.4, 0.5) is 0 Å². The summed E-state index contributed by atoms with van der Waals surface area (Å²) in [5.41, 5.74) is 1.11. The van der Waals surface area contributed by atoms with Crippen molar-refractivity contribution in [2.75, 3.05) is 14.2 Å². The monoisotopic (exact) mass is 238 g/mol. The highest BCUT2D eigenvalue weighted by atomic mass is 32.2. The second kappa shape index (κ2) is 6.23. The Balaban J connectivity index is 2.89. The van der Waals surface area contributed by atoms with Crippen molar-refractivity contribution in [1.82, 2.24) is 0 Å². The maximum absolute atomic E-state index is 11.4. The van der Waals surface area contributed by atoms with E-state index in [4.69, 9.17) is 4.74 Å². The average molecular weight is 238 g/mol. The molecule has 86 valence electrons. The molecular weight excluding hydrogens is 224 g/mol. The molecule has 0 bridgehead atoms. The molecule has 0 spiro atoms. The Morgan fingerprint density at radius 3 is 2.56 bits per heavy atom. The van der Waals surface area contributed by atoms with E-state index in [0.29, 0.717) is 4.91 Å². The molecule has 1 rings (SSSR count). The van der Waals surface area contributed by atoms with Gasteiger partial charge in [-0.1, -0.05) is 30.0 Å². The fraction of sp³-hybridized carbons (Fsp3) is 0.250. The van der Waals surface area contributed by atoms with Gasteiger partial charge >= 0.3 is 5.97 Å². The first-order chi connectivity index (χ1) is 7.69. The van der Waals surface area contributed by atoms with Crippen molar-refractivity contribution in [3.63, 3.8) is 0 Å². The van der Waals surface area contributed by atoms with Crippen molar-refractivity contribution in [2.24, 2.45) is 0 Å². The van der Waals surface area contributed by atoms with Gasteiger partial charge in [0, 0.05) is 4.90 Å². The Bertz CT molecular complexity index is 399. The van der Waals surface area contributed by atoms with Crippen LogP contribution in [0.3, 0.4) is 0 Å². The Hall–Kier alpha value is -1.42. The molecule has 0 aliphatic heterocycles. The Labute approximate surface area is 99.4 Å². The molecule has 1 aromatic carbocycles. The van der Waals surface area contributed by atoms with E-state index in [-0.39, 0.29) is 0 Å². The lowest BCUT2D eigenvalue weighted by molar-refractivity contribution is -0.135. The maximum Gasteiger partial charge on any atom is 0.347 e. The van der Waals surface area contributed by atoms with Crippen LogP contribution in [-0.4, -0.2) is 20.2 Å². The van der Waals surface area contributed by atoms with Gasteiger partial charge in [-0.05, 0) is 18.6 Å². The third-order valence-corrected chi connectivity index (χ3v) is 3.09. The van der Waals surface area contributed by atoms with Gasteiger partial charge in [0.05, 0.1) is 14.2 Å². The minimum Gasteiger partial charge on any atom is -0.503 e. The number of carbonyl (C=O) groups is 1. The predicted octanol–water partition coefficient (Wildman–Crippen LogP) is 2.75. The molecule has 0 fully saturated rings. The lowest BCUT2D eigenvalue weighted by atomic mass is 10.2. The minimum atomic E-state index is -0.393. The number of methoxy groups -OCH3 is 2. The number of thioether (sulfide) groups is 1. The van der Waals surface area contributed by atoms with E-state index in [9.17, 15) is 4.79 Å². The number of hydrogen-bond donors (Lipinski definition) is 0. The van der Waals surface area contributed by atoms with Crippen LogP contribution in [0.2, 0.25) is 0 Å². The number of benzene rings is 1. The summed E-state index contributed by atoms with van der Waals surface area (Å²) in [6.45, 7) is 1.99. The minimum absolute atomic E-state index is 0.393. The van der Waals surface area contributed by atoms with Crippen LogP contribution < -0.4 is 0 Å². The summed E-state index contributed by atoms with van der Waals surface area (Å²) in [7, 11) is 2.85. The molecule has 0 saturated carbocycles. The van der Waals surface area contributed by atoms with Crippen molar-refractivity contribution in [1.29, 1.82) is 0 Å². The fourth-order valence-electron chi connectivity index (χ4n) is 1.11. The molecule has 0 amide bonds. The Kier molecular flexibility index (Phi) is 4.92. The number of aryl methyl sites for hydroxylation is 1. The van der Waals surface area contributed by atoms with Crippen LogP contribution in [0.15, 0.2) is 40.3 Å². The zero-order valence-electron chi connectivity index (χ0n) is 9.52. The summed E-state index contributed by atoms with van der Waals surface area (Å²) in [6, 6.07) is 7.82. The second-order valence-corrected chi connectivity index (χ2v) is 4.16. The number of ether oxygens (including phenoxy) is 2. The van der Waals surface area contributed by atoms with Crippen molar-refractivity contribution >= 4 is 17.7 Å². The Morgan fingerprint density at radius 1 is 1.31 bits per heavy atom. The first kappa shape index (κ1) is 12.6. The van der Waals surface area contributed by atoms with E-state index < -0.39 is 5.97 Å². The third kappa shape index (κ3) is 3.31. The van der Waals surface area contributed by atoms with Gasteiger partial charge in [-0.3, -0.25) is 0 Å². The number of hydrogen-bond acceptors (Lipinski definition) is 4. The third-order valence-electron chi connectivity index (χ3n) is 1.92. The van der Waals surface area contributed by atoms with Crippen molar-refractivity contribution in [2.45, 2.75) is 11.8 Å². The van der Waals surface area contributed by atoms with E-state index in [0.717, 1.165) is 10.5 Å².